The topological polar surface area (TPSA) is 21.7 Å². The first-order valence-corrected chi connectivity index (χ1v) is 5.71. The number of rotatable bonds is 8. The van der Waals surface area contributed by atoms with Gasteiger partial charge in [-0.25, -0.2) is 0 Å². The summed E-state index contributed by atoms with van der Waals surface area (Å²) in [6, 6.07) is 0. The fourth-order valence-corrected chi connectivity index (χ4v) is 1.39. The molecule has 5 heteroatoms. The van der Waals surface area contributed by atoms with Gasteiger partial charge in [0, 0.05) is 19.7 Å². The lowest BCUT2D eigenvalue weighted by Gasteiger charge is -2.20. The van der Waals surface area contributed by atoms with Gasteiger partial charge < -0.3 is 14.4 Å². The third-order valence-electron chi connectivity index (χ3n) is 1.73. The van der Waals surface area contributed by atoms with Crippen LogP contribution in [0.5, 0.6) is 0 Å². The molecule has 0 radical (unpaired) electrons. The van der Waals surface area contributed by atoms with Gasteiger partial charge in [-0.15, -0.1) is 12.6 Å². The van der Waals surface area contributed by atoms with Crippen LogP contribution in [0, 0.1) is 0 Å². The highest BCUT2D eigenvalue weighted by Crippen LogP contribution is 1.95. The first-order chi connectivity index (χ1) is 6.72. The predicted molar refractivity (Wildman–Crippen MR) is 66.1 cm³/mol. The Morgan fingerprint density at radius 3 is 2.36 bits per heavy atom. The Kier molecular flexibility index (Phi) is 9.82. The SMILES string of the molecule is CCOCCOCCN(CC)C(=S)S. The normalized spacial score (nSPS) is 10.2. The largest absolute Gasteiger partial charge is 0.379 e. The van der Waals surface area contributed by atoms with Crippen molar-refractivity contribution in [1.29, 1.82) is 0 Å². The van der Waals surface area contributed by atoms with Gasteiger partial charge in [0.05, 0.1) is 19.8 Å². The monoisotopic (exact) mass is 237 g/mol. The highest BCUT2D eigenvalue weighted by molar-refractivity contribution is 8.10. The van der Waals surface area contributed by atoms with Gasteiger partial charge in [0.2, 0.25) is 0 Å². The molecule has 0 aromatic heterocycles. The second kappa shape index (κ2) is 9.71. The van der Waals surface area contributed by atoms with E-state index in [1.165, 1.54) is 0 Å². The Balaban J connectivity index is 3.29. The van der Waals surface area contributed by atoms with Gasteiger partial charge >= 0.3 is 0 Å². The van der Waals surface area contributed by atoms with Gasteiger partial charge in [-0.2, -0.15) is 0 Å². The molecule has 0 saturated heterocycles. The van der Waals surface area contributed by atoms with Crippen molar-refractivity contribution in [1.82, 2.24) is 4.90 Å². The first-order valence-electron chi connectivity index (χ1n) is 4.85. The average molecular weight is 237 g/mol. The molecular formula is C9H19NO2S2. The number of hydrogen-bond acceptors (Lipinski definition) is 3. The Hall–Kier alpha value is 0.160. The molecule has 0 atom stereocenters. The lowest BCUT2D eigenvalue weighted by atomic mass is 10.5. The van der Waals surface area contributed by atoms with Crippen molar-refractivity contribution < 1.29 is 9.47 Å². The van der Waals surface area contributed by atoms with Gasteiger partial charge in [-0.1, -0.05) is 12.2 Å². The molecule has 0 aliphatic carbocycles. The van der Waals surface area contributed by atoms with Crippen LogP contribution in [0.25, 0.3) is 0 Å². The summed E-state index contributed by atoms with van der Waals surface area (Å²) in [5.74, 6) is 0. The van der Waals surface area contributed by atoms with E-state index in [4.69, 9.17) is 21.7 Å². The summed E-state index contributed by atoms with van der Waals surface area (Å²) in [5.41, 5.74) is 0. The molecule has 0 rings (SSSR count). The molecule has 0 heterocycles. The minimum Gasteiger partial charge on any atom is -0.379 e. The standard InChI is InChI=1S/C9H19NO2S2/c1-3-10(9(13)14)5-6-12-8-7-11-4-2/h3-8H2,1-2H3,(H,13,14). The molecule has 14 heavy (non-hydrogen) atoms. The molecule has 0 bridgehead atoms. The quantitative estimate of drug-likeness (QED) is 0.393. The van der Waals surface area contributed by atoms with E-state index in [1.807, 2.05) is 18.7 Å². The van der Waals surface area contributed by atoms with E-state index in [1.54, 1.807) is 0 Å². The molecule has 0 aliphatic rings. The highest BCUT2D eigenvalue weighted by atomic mass is 32.1. The van der Waals surface area contributed by atoms with Crippen molar-refractivity contribution in [2.75, 3.05) is 39.5 Å². The van der Waals surface area contributed by atoms with Gasteiger partial charge in [0.25, 0.3) is 0 Å². The predicted octanol–water partition coefficient (Wildman–Crippen LogP) is 1.58. The maximum absolute atomic E-state index is 5.36. The van der Waals surface area contributed by atoms with E-state index < -0.39 is 0 Å². The van der Waals surface area contributed by atoms with Gasteiger partial charge in [-0.3, -0.25) is 0 Å². The van der Waals surface area contributed by atoms with E-state index in [-0.39, 0.29) is 0 Å². The molecule has 3 nitrogen and oxygen atoms in total. The zero-order valence-corrected chi connectivity index (χ0v) is 10.6. The van der Waals surface area contributed by atoms with Crippen LogP contribution in [0.1, 0.15) is 13.8 Å². The van der Waals surface area contributed by atoms with E-state index in [2.05, 4.69) is 12.6 Å². The summed E-state index contributed by atoms with van der Waals surface area (Å²) >= 11 is 9.05. The first kappa shape index (κ1) is 14.2. The minimum atomic E-state index is 0.626. The van der Waals surface area contributed by atoms with E-state index >= 15 is 0 Å². The van der Waals surface area contributed by atoms with Crippen molar-refractivity contribution in [3.05, 3.63) is 0 Å². The van der Waals surface area contributed by atoms with E-state index in [0.717, 1.165) is 19.7 Å². The summed E-state index contributed by atoms with van der Waals surface area (Å²) in [6.45, 7) is 8.40. The third-order valence-corrected chi connectivity index (χ3v) is 2.27. The van der Waals surface area contributed by atoms with Crippen molar-refractivity contribution in [3.8, 4) is 0 Å². The maximum atomic E-state index is 5.36. The average Bonchev–Trinajstić information content (AvgIpc) is 2.16. The van der Waals surface area contributed by atoms with Crippen LogP contribution in [-0.2, 0) is 9.47 Å². The van der Waals surface area contributed by atoms with Crippen LogP contribution in [0.2, 0.25) is 0 Å². The van der Waals surface area contributed by atoms with Crippen molar-refractivity contribution in [3.63, 3.8) is 0 Å². The number of thiocarbonyl (C=S) groups is 1. The molecule has 0 amide bonds. The summed E-state index contributed by atoms with van der Waals surface area (Å²) in [4.78, 5) is 1.99. The van der Waals surface area contributed by atoms with Crippen molar-refractivity contribution in [2.24, 2.45) is 0 Å². The number of thiol groups is 1. The number of hydrogen-bond donors (Lipinski definition) is 1. The Morgan fingerprint density at radius 2 is 1.86 bits per heavy atom. The Labute approximate surface area is 97.2 Å². The second-order valence-corrected chi connectivity index (χ2v) is 3.78. The third kappa shape index (κ3) is 7.55. The van der Waals surface area contributed by atoms with Gasteiger partial charge in [0.1, 0.15) is 4.32 Å². The summed E-state index contributed by atoms with van der Waals surface area (Å²) in [7, 11) is 0. The molecule has 0 aliphatic heterocycles. The lowest BCUT2D eigenvalue weighted by Crippen LogP contribution is -2.29. The highest BCUT2D eigenvalue weighted by Gasteiger charge is 2.01. The van der Waals surface area contributed by atoms with Crippen LogP contribution >= 0.6 is 24.8 Å². The van der Waals surface area contributed by atoms with Crippen LogP contribution in [0.4, 0.5) is 0 Å². The summed E-state index contributed by atoms with van der Waals surface area (Å²) < 4.78 is 11.1. The van der Waals surface area contributed by atoms with E-state index in [0.29, 0.717) is 24.1 Å². The molecule has 0 aromatic carbocycles. The van der Waals surface area contributed by atoms with Crippen LogP contribution < -0.4 is 0 Å². The van der Waals surface area contributed by atoms with E-state index in [9.17, 15) is 0 Å². The summed E-state index contributed by atoms with van der Waals surface area (Å²) in [6.07, 6.45) is 0. The van der Waals surface area contributed by atoms with Crippen LogP contribution in [-0.4, -0.2) is 48.7 Å². The summed E-state index contributed by atoms with van der Waals surface area (Å²) in [5, 5.41) is 0. The number of ether oxygens (including phenoxy) is 2. The van der Waals surface area contributed by atoms with Gasteiger partial charge in [-0.05, 0) is 13.8 Å². The molecule has 0 saturated carbocycles. The number of nitrogens with zero attached hydrogens (tertiary/aromatic N) is 1. The van der Waals surface area contributed by atoms with Crippen LogP contribution in [0.3, 0.4) is 0 Å². The molecule has 84 valence electrons. The molecule has 0 aromatic rings. The van der Waals surface area contributed by atoms with Crippen molar-refractivity contribution >= 4 is 29.2 Å². The fraction of sp³-hybridized carbons (Fsp3) is 0.889. The van der Waals surface area contributed by atoms with Crippen LogP contribution in [0.15, 0.2) is 0 Å². The molecule has 0 spiro atoms. The lowest BCUT2D eigenvalue weighted by molar-refractivity contribution is 0.0491. The maximum Gasteiger partial charge on any atom is 0.133 e. The Bertz CT molecular complexity index is 156. The molecule has 0 N–H and O–H groups in total. The molecular weight excluding hydrogens is 218 g/mol. The smallest absolute Gasteiger partial charge is 0.133 e. The fourth-order valence-electron chi connectivity index (χ4n) is 0.928. The zero-order valence-electron chi connectivity index (χ0n) is 8.86. The van der Waals surface area contributed by atoms with Crippen molar-refractivity contribution in [2.45, 2.75) is 13.8 Å². The molecule has 0 unspecified atom stereocenters. The van der Waals surface area contributed by atoms with Gasteiger partial charge in [0.15, 0.2) is 0 Å². The molecule has 0 fully saturated rings. The minimum absolute atomic E-state index is 0.626. The number of likely N-dealkylation sites (N-methyl/N-ethyl adjacent to an activating group) is 1. The Morgan fingerprint density at radius 1 is 1.21 bits per heavy atom. The zero-order chi connectivity index (χ0) is 10.8. The second-order valence-electron chi connectivity index (χ2n) is 2.67.